The van der Waals surface area contributed by atoms with Crippen LogP contribution in [0, 0.1) is 13.8 Å². The highest BCUT2D eigenvalue weighted by atomic mass is 35.5. The minimum Gasteiger partial charge on any atom is -0.351 e. The van der Waals surface area contributed by atoms with Crippen molar-refractivity contribution in [3.05, 3.63) is 52.3 Å². The van der Waals surface area contributed by atoms with E-state index in [-0.39, 0.29) is 5.78 Å². The lowest BCUT2D eigenvalue weighted by molar-refractivity contribution is 0.102. The van der Waals surface area contributed by atoms with Gasteiger partial charge in [0.25, 0.3) is 0 Å². The van der Waals surface area contributed by atoms with Crippen LogP contribution in [0.4, 0.5) is 0 Å². The van der Waals surface area contributed by atoms with Crippen molar-refractivity contribution in [1.29, 1.82) is 0 Å². The fraction of sp³-hybridized carbons (Fsp3) is 0.316. The van der Waals surface area contributed by atoms with Crippen LogP contribution in [0.3, 0.4) is 0 Å². The van der Waals surface area contributed by atoms with Crippen molar-refractivity contribution in [1.82, 2.24) is 19.3 Å². The predicted molar refractivity (Wildman–Crippen MR) is 106 cm³/mol. The summed E-state index contributed by atoms with van der Waals surface area (Å²) < 4.78 is 4.04. The number of thioether (sulfide) groups is 1. The maximum Gasteiger partial charge on any atom is 0.191 e. The standard InChI is InChI=1S/C19H21ClN4OS/c1-5-24-18(14-7-6-8-15(20)10-14)21-22-19(24)26-11-17(25)16-9-12(2)23(4)13(16)3/h6-10H,5,11H2,1-4H3. The number of halogens is 1. The Morgan fingerprint density at radius 1 is 1.23 bits per heavy atom. The molecule has 0 fully saturated rings. The first-order valence-electron chi connectivity index (χ1n) is 8.40. The molecule has 0 saturated heterocycles. The number of hydrogen-bond donors (Lipinski definition) is 0. The van der Waals surface area contributed by atoms with Crippen molar-refractivity contribution >= 4 is 29.1 Å². The van der Waals surface area contributed by atoms with Crippen LogP contribution in [-0.4, -0.2) is 30.9 Å². The summed E-state index contributed by atoms with van der Waals surface area (Å²) in [7, 11) is 1.97. The average Bonchev–Trinajstić information content (AvgIpc) is 3.15. The molecule has 0 amide bonds. The molecule has 0 saturated carbocycles. The van der Waals surface area contributed by atoms with Crippen molar-refractivity contribution in [3.8, 4) is 11.4 Å². The molecule has 0 atom stereocenters. The molecular weight excluding hydrogens is 368 g/mol. The van der Waals surface area contributed by atoms with E-state index >= 15 is 0 Å². The molecule has 136 valence electrons. The van der Waals surface area contributed by atoms with Gasteiger partial charge in [-0.3, -0.25) is 4.79 Å². The van der Waals surface area contributed by atoms with Crippen molar-refractivity contribution in [2.24, 2.45) is 7.05 Å². The fourth-order valence-electron chi connectivity index (χ4n) is 2.87. The highest BCUT2D eigenvalue weighted by Gasteiger charge is 2.18. The lowest BCUT2D eigenvalue weighted by atomic mass is 10.2. The summed E-state index contributed by atoms with van der Waals surface area (Å²) in [5, 5.41) is 9.98. The van der Waals surface area contributed by atoms with Crippen LogP contribution in [0.5, 0.6) is 0 Å². The zero-order chi connectivity index (χ0) is 18.8. The van der Waals surface area contributed by atoms with Gasteiger partial charge in [0.15, 0.2) is 16.8 Å². The van der Waals surface area contributed by atoms with E-state index in [0.717, 1.165) is 40.0 Å². The second-order valence-electron chi connectivity index (χ2n) is 6.12. The van der Waals surface area contributed by atoms with Gasteiger partial charge in [0.05, 0.1) is 5.75 Å². The van der Waals surface area contributed by atoms with Crippen LogP contribution in [-0.2, 0) is 13.6 Å². The number of aryl methyl sites for hydroxylation is 1. The van der Waals surface area contributed by atoms with E-state index in [1.165, 1.54) is 11.8 Å². The summed E-state index contributed by atoms with van der Waals surface area (Å²) >= 11 is 7.50. The van der Waals surface area contributed by atoms with Crippen molar-refractivity contribution in [3.63, 3.8) is 0 Å². The zero-order valence-electron chi connectivity index (χ0n) is 15.3. The van der Waals surface area contributed by atoms with Gasteiger partial charge in [0.2, 0.25) is 0 Å². The largest absolute Gasteiger partial charge is 0.351 e. The molecule has 7 heteroatoms. The first kappa shape index (κ1) is 18.7. The second kappa shape index (κ2) is 7.68. The molecule has 2 heterocycles. The highest BCUT2D eigenvalue weighted by molar-refractivity contribution is 7.99. The molecule has 0 spiro atoms. The Morgan fingerprint density at radius 3 is 2.62 bits per heavy atom. The van der Waals surface area contributed by atoms with E-state index in [2.05, 4.69) is 10.2 Å². The van der Waals surface area contributed by atoms with E-state index < -0.39 is 0 Å². The Bertz CT molecular complexity index is 961. The predicted octanol–water partition coefficient (Wildman–Crippen LogP) is 4.55. The van der Waals surface area contributed by atoms with Gasteiger partial charge in [-0.2, -0.15) is 0 Å². The lowest BCUT2D eigenvalue weighted by Crippen LogP contribution is -2.06. The van der Waals surface area contributed by atoms with Gasteiger partial charge in [-0.1, -0.05) is 35.5 Å². The minimum absolute atomic E-state index is 0.103. The third-order valence-corrected chi connectivity index (χ3v) is 5.73. The van der Waals surface area contributed by atoms with Gasteiger partial charge < -0.3 is 9.13 Å². The van der Waals surface area contributed by atoms with Crippen molar-refractivity contribution in [2.45, 2.75) is 32.5 Å². The number of aromatic nitrogens is 4. The fourth-order valence-corrected chi connectivity index (χ4v) is 3.94. The van der Waals surface area contributed by atoms with Crippen molar-refractivity contribution < 1.29 is 4.79 Å². The van der Waals surface area contributed by atoms with Gasteiger partial charge in [-0.15, -0.1) is 10.2 Å². The molecule has 0 aliphatic rings. The second-order valence-corrected chi connectivity index (χ2v) is 7.50. The normalized spacial score (nSPS) is 11.1. The van der Waals surface area contributed by atoms with Crippen LogP contribution in [0.25, 0.3) is 11.4 Å². The number of nitrogens with zero attached hydrogens (tertiary/aromatic N) is 4. The van der Waals surface area contributed by atoms with Gasteiger partial charge >= 0.3 is 0 Å². The molecule has 0 aliphatic heterocycles. The third-order valence-electron chi connectivity index (χ3n) is 4.52. The SMILES string of the molecule is CCn1c(SCC(=O)c2cc(C)n(C)c2C)nnc1-c1cccc(Cl)c1. The molecule has 5 nitrogen and oxygen atoms in total. The van der Waals surface area contributed by atoms with Crippen LogP contribution >= 0.6 is 23.4 Å². The van der Waals surface area contributed by atoms with Gasteiger partial charge in [-0.05, 0) is 39.0 Å². The number of carbonyl (C=O) groups is 1. The summed E-state index contributed by atoms with van der Waals surface area (Å²) in [6.07, 6.45) is 0. The van der Waals surface area contributed by atoms with Crippen LogP contribution in [0.15, 0.2) is 35.5 Å². The van der Waals surface area contributed by atoms with Gasteiger partial charge in [-0.25, -0.2) is 0 Å². The number of rotatable bonds is 6. The van der Waals surface area contributed by atoms with Crippen LogP contribution < -0.4 is 0 Å². The molecule has 26 heavy (non-hydrogen) atoms. The Morgan fingerprint density at radius 2 is 2.00 bits per heavy atom. The number of Topliss-reactive ketones (excluding diaryl/α,β-unsaturated/α-hetero) is 1. The first-order valence-corrected chi connectivity index (χ1v) is 9.76. The Balaban J connectivity index is 1.80. The minimum atomic E-state index is 0.103. The topological polar surface area (TPSA) is 52.7 Å². The maximum absolute atomic E-state index is 12.6. The van der Waals surface area contributed by atoms with Crippen LogP contribution in [0.1, 0.15) is 28.7 Å². The van der Waals surface area contributed by atoms with Gasteiger partial charge in [0, 0.05) is 41.1 Å². The number of hydrogen-bond acceptors (Lipinski definition) is 4. The highest BCUT2D eigenvalue weighted by Crippen LogP contribution is 2.26. The summed E-state index contributed by atoms with van der Waals surface area (Å²) in [6.45, 7) is 6.72. The monoisotopic (exact) mass is 388 g/mol. The van der Waals surface area contributed by atoms with E-state index in [1.54, 1.807) is 0 Å². The molecule has 3 rings (SSSR count). The summed E-state index contributed by atoms with van der Waals surface area (Å²) in [5.41, 5.74) is 3.76. The summed E-state index contributed by atoms with van der Waals surface area (Å²) in [6, 6.07) is 9.49. The molecule has 0 radical (unpaired) electrons. The smallest absolute Gasteiger partial charge is 0.191 e. The van der Waals surface area contributed by atoms with Crippen LogP contribution in [0.2, 0.25) is 5.02 Å². The van der Waals surface area contributed by atoms with Gasteiger partial charge in [0.1, 0.15) is 0 Å². The van der Waals surface area contributed by atoms with E-state index in [1.807, 2.05) is 67.3 Å². The zero-order valence-corrected chi connectivity index (χ0v) is 16.9. The number of carbonyl (C=O) groups excluding carboxylic acids is 1. The Labute approximate surface area is 162 Å². The quantitative estimate of drug-likeness (QED) is 0.459. The molecule has 1 aromatic carbocycles. The third kappa shape index (κ3) is 3.57. The molecule has 0 N–H and O–H groups in total. The maximum atomic E-state index is 12.6. The van der Waals surface area contributed by atoms with E-state index in [9.17, 15) is 4.79 Å². The number of benzene rings is 1. The number of ketones is 1. The average molecular weight is 389 g/mol. The molecule has 3 aromatic rings. The Kier molecular flexibility index (Phi) is 5.53. The van der Waals surface area contributed by atoms with E-state index in [4.69, 9.17) is 11.6 Å². The van der Waals surface area contributed by atoms with Crippen molar-refractivity contribution in [2.75, 3.05) is 5.75 Å². The molecule has 0 unspecified atom stereocenters. The molecule has 0 bridgehead atoms. The molecular formula is C19H21ClN4OS. The molecule has 2 aromatic heterocycles. The first-order chi connectivity index (χ1) is 12.4. The summed E-state index contributed by atoms with van der Waals surface area (Å²) in [5.74, 6) is 1.20. The Hall–Kier alpha value is -2.05. The lowest BCUT2D eigenvalue weighted by Gasteiger charge is -2.07. The molecule has 0 aliphatic carbocycles. The summed E-state index contributed by atoms with van der Waals surface area (Å²) in [4.78, 5) is 12.6. The van der Waals surface area contributed by atoms with E-state index in [0.29, 0.717) is 10.8 Å².